The summed E-state index contributed by atoms with van der Waals surface area (Å²) >= 11 is 0. The molecular formula is C20H30ClN3O2. The van der Waals surface area contributed by atoms with Crippen molar-refractivity contribution in [1.29, 1.82) is 0 Å². The summed E-state index contributed by atoms with van der Waals surface area (Å²) in [7, 11) is 0. The van der Waals surface area contributed by atoms with Crippen LogP contribution < -0.4 is 16.0 Å². The minimum Gasteiger partial charge on any atom is -0.351 e. The van der Waals surface area contributed by atoms with Gasteiger partial charge < -0.3 is 16.0 Å². The van der Waals surface area contributed by atoms with Gasteiger partial charge in [0.25, 0.3) is 5.91 Å². The fourth-order valence-corrected chi connectivity index (χ4v) is 2.92. The zero-order valence-corrected chi connectivity index (χ0v) is 16.6. The van der Waals surface area contributed by atoms with Crippen LogP contribution in [0.4, 0.5) is 0 Å². The van der Waals surface area contributed by atoms with Crippen LogP contribution in [-0.4, -0.2) is 37.5 Å². The third-order valence-corrected chi connectivity index (χ3v) is 4.37. The maximum Gasteiger partial charge on any atom is 0.252 e. The molecule has 3 N–H and O–H groups in total. The maximum atomic E-state index is 12.6. The lowest BCUT2D eigenvalue weighted by Gasteiger charge is -2.22. The monoisotopic (exact) mass is 379 g/mol. The summed E-state index contributed by atoms with van der Waals surface area (Å²) in [4.78, 5) is 25.2. The van der Waals surface area contributed by atoms with E-state index in [9.17, 15) is 9.59 Å². The zero-order valence-electron chi connectivity index (χ0n) is 15.8. The molecule has 1 aromatic rings. The Kier molecular flexibility index (Phi) is 9.38. The molecule has 1 unspecified atom stereocenters. The first-order chi connectivity index (χ1) is 12.0. The number of hydrogen-bond acceptors (Lipinski definition) is 3. The van der Waals surface area contributed by atoms with E-state index < -0.39 is 6.04 Å². The molecule has 0 saturated heterocycles. The van der Waals surface area contributed by atoms with Crippen LogP contribution in [0.5, 0.6) is 0 Å². The van der Waals surface area contributed by atoms with Crippen molar-refractivity contribution in [2.75, 3.05) is 19.6 Å². The van der Waals surface area contributed by atoms with Crippen molar-refractivity contribution in [2.24, 2.45) is 5.92 Å². The Morgan fingerprint density at radius 1 is 1.23 bits per heavy atom. The Morgan fingerprint density at radius 3 is 2.58 bits per heavy atom. The molecule has 1 heterocycles. The minimum atomic E-state index is -0.519. The molecule has 0 saturated carbocycles. The highest BCUT2D eigenvalue weighted by atomic mass is 35.5. The van der Waals surface area contributed by atoms with Gasteiger partial charge in [0.05, 0.1) is 0 Å². The predicted molar refractivity (Wildman–Crippen MR) is 108 cm³/mol. The lowest BCUT2D eigenvalue weighted by atomic mass is 10.0. The van der Waals surface area contributed by atoms with Gasteiger partial charge in [-0.3, -0.25) is 9.59 Å². The van der Waals surface area contributed by atoms with Crippen molar-refractivity contribution in [2.45, 2.75) is 39.7 Å². The van der Waals surface area contributed by atoms with Gasteiger partial charge in [0, 0.05) is 18.7 Å². The summed E-state index contributed by atoms with van der Waals surface area (Å²) < 4.78 is 0. The highest BCUT2D eigenvalue weighted by Gasteiger charge is 2.23. The number of halogens is 1. The third-order valence-electron chi connectivity index (χ3n) is 4.37. The minimum absolute atomic E-state index is 0. The van der Waals surface area contributed by atoms with Crippen LogP contribution in [0, 0.1) is 12.8 Å². The maximum absolute atomic E-state index is 12.6. The highest BCUT2D eigenvalue weighted by molar-refractivity contribution is 5.98. The fraction of sp³-hybridized carbons (Fsp3) is 0.500. The number of nitrogens with one attached hydrogen (secondary N) is 3. The lowest BCUT2D eigenvalue weighted by molar-refractivity contribution is -0.123. The van der Waals surface area contributed by atoms with E-state index in [-0.39, 0.29) is 24.2 Å². The van der Waals surface area contributed by atoms with Crippen molar-refractivity contribution in [3.63, 3.8) is 0 Å². The van der Waals surface area contributed by atoms with E-state index >= 15 is 0 Å². The van der Waals surface area contributed by atoms with Crippen molar-refractivity contribution in [1.82, 2.24) is 16.0 Å². The third kappa shape index (κ3) is 6.81. The van der Waals surface area contributed by atoms with E-state index in [0.717, 1.165) is 25.1 Å². The second kappa shape index (κ2) is 11.0. The second-order valence-corrected chi connectivity index (χ2v) is 7.00. The van der Waals surface area contributed by atoms with Crippen LogP contribution >= 0.6 is 12.4 Å². The summed E-state index contributed by atoms with van der Waals surface area (Å²) in [5.41, 5.74) is 2.76. The molecule has 2 amide bonds. The summed E-state index contributed by atoms with van der Waals surface area (Å²) in [5.74, 6) is 0.000986. The van der Waals surface area contributed by atoms with E-state index in [4.69, 9.17) is 0 Å². The van der Waals surface area contributed by atoms with Gasteiger partial charge in [-0.05, 0) is 43.9 Å². The number of carbonyl (C=O) groups is 2. The van der Waals surface area contributed by atoms with Crippen molar-refractivity contribution < 1.29 is 9.59 Å². The summed E-state index contributed by atoms with van der Waals surface area (Å²) in [6.07, 6.45) is 3.68. The fourth-order valence-electron chi connectivity index (χ4n) is 2.92. The quantitative estimate of drug-likeness (QED) is 0.638. The molecule has 6 heteroatoms. The molecule has 1 aromatic carbocycles. The van der Waals surface area contributed by atoms with Gasteiger partial charge in [0.1, 0.15) is 6.04 Å². The molecule has 1 atom stereocenters. The van der Waals surface area contributed by atoms with Gasteiger partial charge in [0.15, 0.2) is 0 Å². The number of amides is 2. The van der Waals surface area contributed by atoms with Crippen LogP contribution in [0.25, 0.3) is 0 Å². The van der Waals surface area contributed by atoms with Crippen LogP contribution in [-0.2, 0) is 4.79 Å². The molecule has 1 aliphatic heterocycles. The number of carbonyl (C=O) groups excluding carboxylic acids is 2. The molecule has 0 fully saturated rings. The van der Waals surface area contributed by atoms with Crippen molar-refractivity contribution >= 4 is 24.2 Å². The van der Waals surface area contributed by atoms with Crippen LogP contribution in [0.2, 0.25) is 0 Å². The molecule has 5 nitrogen and oxygen atoms in total. The highest BCUT2D eigenvalue weighted by Crippen LogP contribution is 2.10. The Morgan fingerprint density at radius 2 is 1.96 bits per heavy atom. The van der Waals surface area contributed by atoms with Gasteiger partial charge in [-0.25, -0.2) is 0 Å². The molecule has 26 heavy (non-hydrogen) atoms. The molecule has 0 bridgehead atoms. The smallest absolute Gasteiger partial charge is 0.252 e. The molecule has 0 spiro atoms. The predicted octanol–water partition coefficient (Wildman–Crippen LogP) is 2.60. The molecule has 1 aliphatic rings. The van der Waals surface area contributed by atoms with E-state index in [0.29, 0.717) is 24.4 Å². The van der Waals surface area contributed by atoms with E-state index in [1.165, 1.54) is 5.57 Å². The van der Waals surface area contributed by atoms with Crippen molar-refractivity contribution in [3.05, 3.63) is 47.0 Å². The normalized spacial score (nSPS) is 14.8. The van der Waals surface area contributed by atoms with Crippen LogP contribution in [0.3, 0.4) is 0 Å². The zero-order chi connectivity index (χ0) is 18.2. The van der Waals surface area contributed by atoms with E-state index in [1.54, 1.807) is 6.07 Å². The number of aryl methyl sites for hydroxylation is 1. The molecular weight excluding hydrogens is 350 g/mol. The Hall–Kier alpha value is -1.85. The first-order valence-electron chi connectivity index (χ1n) is 9.00. The summed E-state index contributed by atoms with van der Waals surface area (Å²) in [6, 6.07) is 6.90. The van der Waals surface area contributed by atoms with Gasteiger partial charge in [0.2, 0.25) is 5.91 Å². The van der Waals surface area contributed by atoms with Crippen LogP contribution in [0.15, 0.2) is 35.9 Å². The molecule has 0 radical (unpaired) electrons. The standard InChI is InChI=1S/C20H29N3O2.ClH/c1-14(2)12-18(20(25)22-13-16-8-10-21-11-9-16)23-19(24)17-7-5-4-6-15(17)3;/h4-8,14,18,21H,9-13H2,1-3H3,(H,22,25)(H,23,24);1H. The molecule has 0 aromatic heterocycles. The average Bonchev–Trinajstić information content (AvgIpc) is 2.60. The van der Waals surface area contributed by atoms with Gasteiger partial charge in [-0.2, -0.15) is 0 Å². The Balaban J connectivity index is 0.00000338. The lowest BCUT2D eigenvalue weighted by Crippen LogP contribution is -2.48. The number of hydrogen-bond donors (Lipinski definition) is 3. The van der Waals surface area contributed by atoms with Crippen molar-refractivity contribution in [3.8, 4) is 0 Å². The van der Waals surface area contributed by atoms with E-state index in [2.05, 4.69) is 35.9 Å². The Bertz CT molecular complexity index is 644. The van der Waals surface area contributed by atoms with Crippen LogP contribution in [0.1, 0.15) is 42.6 Å². The van der Waals surface area contributed by atoms with Gasteiger partial charge in [-0.1, -0.05) is 43.7 Å². The average molecular weight is 380 g/mol. The van der Waals surface area contributed by atoms with Gasteiger partial charge >= 0.3 is 0 Å². The second-order valence-electron chi connectivity index (χ2n) is 7.00. The number of rotatable bonds is 7. The first-order valence-corrected chi connectivity index (χ1v) is 9.00. The summed E-state index contributed by atoms with van der Waals surface area (Å²) in [6.45, 7) is 8.35. The topological polar surface area (TPSA) is 70.2 Å². The molecule has 144 valence electrons. The van der Waals surface area contributed by atoms with E-state index in [1.807, 2.05) is 25.1 Å². The molecule has 2 rings (SSSR count). The number of benzene rings is 1. The first kappa shape index (κ1) is 22.2. The SMILES string of the molecule is Cc1ccccc1C(=O)NC(CC(C)C)C(=O)NCC1=CCNCC1.Cl. The Labute approximate surface area is 162 Å². The largest absolute Gasteiger partial charge is 0.351 e. The summed E-state index contributed by atoms with van der Waals surface area (Å²) in [5, 5.41) is 9.14. The molecule has 0 aliphatic carbocycles. The van der Waals surface area contributed by atoms with Gasteiger partial charge in [-0.15, -0.1) is 12.4 Å².